The summed E-state index contributed by atoms with van der Waals surface area (Å²) < 4.78 is 0. The SMILES string of the molecule is N#Cc1cc(Cl)c(Cl)cc1CC(=O)Cl. The molecule has 2 nitrogen and oxygen atoms in total. The van der Waals surface area contributed by atoms with Gasteiger partial charge in [-0.2, -0.15) is 5.26 Å². The van der Waals surface area contributed by atoms with Crippen LogP contribution in [0.1, 0.15) is 11.1 Å². The minimum absolute atomic E-state index is 0.0265. The van der Waals surface area contributed by atoms with Crippen molar-refractivity contribution in [1.82, 2.24) is 0 Å². The number of hydrogen-bond acceptors (Lipinski definition) is 2. The maximum absolute atomic E-state index is 10.7. The molecule has 0 aliphatic rings. The lowest BCUT2D eigenvalue weighted by atomic mass is 10.1. The van der Waals surface area contributed by atoms with Crippen LogP contribution in [0.25, 0.3) is 0 Å². The lowest BCUT2D eigenvalue weighted by molar-refractivity contribution is -0.111. The molecule has 0 fully saturated rings. The summed E-state index contributed by atoms with van der Waals surface area (Å²) >= 11 is 16.6. The molecule has 0 aromatic heterocycles. The number of carbonyl (C=O) groups is 1. The number of nitrogens with zero attached hydrogens (tertiary/aromatic N) is 1. The van der Waals surface area contributed by atoms with E-state index in [1.54, 1.807) is 0 Å². The summed E-state index contributed by atoms with van der Waals surface area (Å²) in [5, 5.41) is 8.79. The molecular weight excluding hydrogens is 244 g/mol. The van der Waals surface area contributed by atoms with Crippen LogP contribution in [0.3, 0.4) is 0 Å². The van der Waals surface area contributed by atoms with Gasteiger partial charge in [-0.05, 0) is 29.3 Å². The van der Waals surface area contributed by atoms with Crippen molar-refractivity contribution in [1.29, 1.82) is 5.26 Å². The average Bonchev–Trinajstić information content (AvgIpc) is 2.10. The van der Waals surface area contributed by atoms with Crippen LogP contribution in [0.2, 0.25) is 10.0 Å². The fraction of sp³-hybridized carbons (Fsp3) is 0.111. The lowest BCUT2D eigenvalue weighted by Gasteiger charge is -2.02. The van der Waals surface area contributed by atoms with Crippen LogP contribution >= 0.6 is 34.8 Å². The number of benzene rings is 1. The van der Waals surface area contributed by atoms with Crippen molar-refractivity contribution in [3.63, 3.8) is 0 Å². The van der Waals surface area contributed by atoms with Gasteiger partial charge in [-0.3, -0.25) is 4.79 Å². The van der Waals surface area contributed by atoms with Crippen molar-refractivity contribution in [3.8, 4) is 6.07 Å². The van der Waals surface area contributed by atoms with Crippen molar-refractivity contribution in [3.05, 3.63) is 33.3 Å². The van der Waals surface area contributed by atoms with Crippen LogP contribution in [-0.4, -0.2) is 5.24 Å². The zero-order valence-corrected chi connectivity index (χ0v) is 9.12. The summed E-state index contributed by atoms with van der Waals surface area (Å²) in [7, 11) is 0. The molecule has 1 rings (SSSR count). The van der Waals surface area contributed by atoms with E-state index < -0.39 is 5.24 Å². The molecule has 0 N–H and O–H groups in total. The predicted octanol–water partition coefficient (Wildman–Crippen LogP) is 3.17. The molecule has 0 aliphatic carbocycles. The largest absolute Gasteiger partial charge is 0.281 e. The molecule has 5 heteroatoms. The Balaban J connectivity index is 3.22. The molecule has 1 aromatic rings. The van der Waals surface area contributed by atoms with Gasteiger partial charge in [0.2, 0.25) is 5.24 Å². The van der Waals surface area contributed by atoms with Crippen LogP contribution in [0, 0.1) is 11.3 Å². The highest BCUT2D eigenvalue weighted by atomic mass is 35.5. The second-order valence-corrected chi connectivity index (χ2v) is 3.80. The third kappa shape index (κ3) is 2.62. The summed E-state index contributed by atoms with van der Waals surface area (Å²) in [5.74, 6) is 0. The van der Waals surface area contributed by atoms with Gasteiger partial charge < -0.3 is 0 Å². The normalized spacial score (nSPS) is 9.57. The molecule has 0 bridgehead atoms. The Labute approximate surface area is 96.0 Å². The summed E-state index contributed by atoms with van der Waals surface area (Å²) in [6.07, 6.45) is -0.0265. The van der Waals surface area contributed by atoms with E-state index in [-0.39, 0.29) is 11.4 Å². The highest BCUT2D eigenvalue weighted by Gasteiger charge is 2.09. The van der Waals surface area contributed by atoms with Crippen LogP contribution in [-0.2, 0) is 11.2 Å². The number of carbonyl (C=O) groups excluding carboxylic acids is 1. The minimum atomic E-state index is -0.542. The summed E-state index contributed by atoms with van der Waals surface area (Å²) in [6, 6.07) is 4.81. The minimum Gasteiger partial charge on any atom is -0.281 e. The number of hydrogen-bond donors (Lipinski definition) is 0. The van der Waals surface area contributed by atoms with E-state index in [1.807, 2.05) is 6.07 Å². The fourth-order valence-electron chi connectivity index (χ4n) is 0.988. The number of halogens is 3. The standard InChI is InChI=1S/C9H4Cl3NO/c10-7-1-5(3-9(12)14)6(4-13)2-8(7)11/h1-2H,3H2. The highest BCUT2D eigenvalue weighted by Crippen LogP contribution is 2.26. The Bertz CT molecular complexity index is 423. The zero-order valence-electron chi connectivity index (χ0n) is 6.85. The van der Waals surface area contributed by atoms with Gasteiger partial charge in [0.15, 0.2) is 0 Å². The van der Waals surface area contributed by atoms with E-state index in [0.717, 1.165) is 0 Å². The maximum atomic E-state index is 10.7. The molecule has 0 radical (unpaired) electrons. The van der Waals surface area contributed by atoms with Gasteiger partial charge in [-0.25, -0.2) is 0 Å². The molecule has 1 aromatic carbocycles. The zero-order chi connectivity index (χ0) is 10.7. The Hall–Kier alpha value is -0.750. The topological polar surface area (TPSA) is 40.9 Å². The van der Waals surface area contributed by atoms with E-state index in [9.17, 15) is 4.79 Å². The highest BCUT2D eigenvalue weighted by molar-refractivity contribution is 6.63. The summed E-state index contributed by atoms with van der Waals surface area (Å²) in [5.41, 5.74) is 0.801. The van der Waals surface area contributed by atoms with E-state index in [1.165, 1.54) is 12.1 Å². The fourth-order valence-corrected chi connectivity index (χ4v) is 1.48. The third-order valence-electron chi connectivity index (χ3n) is 1.60. The van der Waals surface area contributed by atoms with E-state index in [4.69, 9.17) is 40.1 Å². The Morgan fingerprint density at radius 3 is 2.43 bits per heavy atom. The van der Waals surface area contributed by atoms with Gasteiger partial charge in [-0.15, -0.1) is 0 Å². The van der Waals surface area contributed by atoms with Crippen molar-refractivity contribution in [2.24, 2.45) is 0 Å². The second-order valence-electron chi connectivity index (χ2n) is 2.57. The number of nitriles is 1. The molecule has 0 spiro atoms. The Morgan fingerprint density at radius 2 is 1.93 bits per heavy atom. The van der Waals surface area contributed by atoms with Gasteiger partial charge >= 0.3 is 0 Å². The first-order valence-electron chi connectivity index (χ1n) is 3.61. The first-order valence-corrected chi connectivity index (χ1v) is 4.74. The first-order chi connectivity index (χ1) is 6.54. The molecular formula is C9H4Cl3NO. The van der Waals surface area contributed by atoms with E-state index >= 15 is 0 Å². The van der Waals surface area contributed by atoms with Crippen molar-refractivity contribution in [2.75, 3.05) is 0 Å². The smallest absolute Gasteiger partial charge is 0.226 e. The molecule has 0 saturated carbocycles. The van der Waals surface area contributed by atoms with Gasteiger partial charge in [0, 0.05) is 6.42 Å². The van der Waals surface area contributed by atoms with Gasteiger partial charge in [0.05, 0.1) is 21.7 Å². The van der Waals surface area contributed by atoms with Crippen molar-refractivity contribution < 1.29 is 4.79 Å². The molecule has 14 heavy (non-hydrogen) atoms. The van der Waals surface area contributed by atoms with Gasteiger partial charge in [-0.1, -0.05) is 23.2 Å². The molecule has 0 aliphatic heterocycles. The van der Waals surface area contributed by atoms with Crippen molar-refractivity contribution in [2.45, 2.75) is 6.42 Å². The van der Waals surface area contributed by atoms with Crippen LogP contribution < -0.4 is 0 Å². The summed E-state index contributed by atoms with van der Waals surface area (Å²) in [6.45, 7) is 0. The van der Waals surface area contributed by atoms with Crippen LogP contribution in [0.5, 0.6) is 0 Å². The first kappa shape index (κ1) is 11.3. The van der Waals surface area contributed by atoms with E-state index in [0.29, 0.717) is 16.1 Å². The predicted molar refractivity (Wildman–Crippen MR) is 55.7 cm³/mol. The third-order valence-corrected chi connectivity index (χ3v) is 2.45. The van der Waals surface area contributed by atoms with Crippen LogP contribution in [0.15, 0.2) is 12.1 Å². The lowest BCUT2D eigenvalue weighted by Crippen LogP contribution is -1.97. The molecule has 0 heterocycles. The average molecular weight is 248 g/mol. The van der Waals surface area contributed by atoms with Gasteiger partial charge in [0.25, 0.3) is 0 Å². The van der Waals surface area contributed by atoms with Crippen molar-refractivity contribution >= 4 is 40.0 Å². The molecule has 72 valence electrons. The van der Waals surface area contributed by atoms with E-state index in [2.05, 4.69) is 0 Å². The van der Waals surface area contributed by atoms with Gasteiger partial charge in [0.1, 0.15) is 0 Å². The maximum Gasteiger partial charge on any atom is 0.226 e. The molecule has 0 amide bonds. The Kier molecular flexibility index (Phi) is 3.77. The number of rotatable bonds is 2. The quantitative estimate of drug-likeness (QED) is 0.754. The second kappa shape index (κ2) is 4.65. The monoisotopic (exact) mass is 247 g/mol. The molecule has 0 unspecified atom stereocenters. The summed E-state index contributed by atoms with van der Waals surface area (Å²) in [4.78, 5) is 10.7. The molecule has 0 atom stereocenters. The molecule has 0 saturated heterocycles. The van der Waals surface area contributed by atoms with Crippen LogP contribution in [0.4, 0.5) is 0 Å². The Morgan fingerprint density at radius 1 is 1.36 bits per heavy atom.